The Labute approximate surface area is 180 Å². The van der Waals surface area contributed by atoms with Crippen molar-refractivity contribution in [2.24, 2.45) is 5.73 Å². The number of anilines is 3. The number of nitrogens with zero attached hydrogens (tertiary/aromatic N) is 4. The molecule has 1 saturated carbocycles. The van der Waals surface area contributed by atoms with Gasteiger partial charge in [0, 0.05) is 18.6 Å². The lowest BCUT2D eigenvalue weighted by molar-refractivity contribution is -0.127. The largest absolute Gasteiger partial charge is 0.364 e. The summed E-state index contributed by atoms with van der Waals surface area (Å²) >= 11 is 1.27. The number of rotatable bonds is 7. The predicted molar refractivity (Wildman–Crippen MR) is 118 cm³/mol. The zero-order valence-electron chi connectivity index (χ0n) is 17.4. The minimum Gasteiger partial charge on any atom is -0.364 e. The summed E-state index contributed by atoms with van der Waals surface area (Å²) in [4.78, 5) is 34.2. The van der Waals surface area contributed by atoms with E-state index < -0.39 is 5.91 Å². The van der Waals surface area contributed by atoms with E-state index in [1.165, 1.54) is 23.8 Å². The second kappa shape index (κ2) is 8.78. The predicted octanol–water partition coefficient (Wildman–Crippen LogP) is 2.84. The van der Waals surface area contributed by atoms with Gasteiger partial charge in [0.05, 0.1) is 11.9 Å². The van der Waals surface area contributed by atoms with Crippen molar-refractivity contribution in [3.05, 3.63) is 36.3 Å². The van der Waals surface area contributed by atoms with E-state index >= 15 is 0 Å². The molecule has 1 aliphatic rings. The third-order valence-corrected chi connectivity index (χ3v) is 6.23. The van der Waals surface area contributed by atoms with E-state index in [9.17, 15) is 9.59 Å². The number of nitrogens with two attached hydrogens (primary N) is 1. The van der Waals surface area contributed by atoms with Gasteiger partial charge >= 0.3 is 0 Å². The summed E-state index contributed by atoms with van der Waals surface area (Å²) < 4.78 is 4.22. The molecule has 0 unspecified atom stereocenters. The molecule has 0 spiro atoms. The minimum atomic E-state index is -0.653. The number of hydrogen-bond acceptors (Lipinski definition) is 8. The van der Waals surface area contributed by atoms with Crippen molar-refractivity contribution >= 4 is 40.0 Å². The lowest BCUT2D eigenvalue weighted by atomic mass is 9.80. The van der Waals surface area contributed by atoms with Gasteiger partial charge in [-0.3, -0.25) is 9.59 Å². The van der Waals surface area contributed by atoms with Crippen molar-refractivity contribution < 1.29 is 9.59 Å². The first kappa shape index (κ1) is 21.7. The van der Waals surface area contributed by atoms with Crippen LogP contribution in [0.25, 0.3) is 0 Å². The third-order valence-electron chi connectivity index (χ3n) is 5.43. The molecule has 30 heavy (non-hydrogen) atoms. The first-order chi connectivity index (χ1) is 14.2. The standard InChI is InChI=1S/C20H27N7O2S/c1-5-16(28)27(4)13-6-8-20(3,9-7-13)25-14-11-22-17(18(21)29)19(23-14)24-15-10-12(2)26-30-15/h5,10-11,13H,1,6-9H2,2-4H3,(H2,21,29)(H2,23,24,25). The molecule has 10 heteroatoms. The first-order valence-corrected chi connectivity index (χ1v) is 10.5. The highest BCUT2D eigenvalue weighted by Crippen LogP contribution is 2.33. The van der Waals surface area contributed by atoms with Gasteiger partial charge < -0.3 is 21.3 Å². The molecule has 2 amide bonds. The van der Waals surface area contributed by atoms with Gasteiger partial charge in [0.2, 0.25) is 5.91 Å². The van der Waals surface area contributed by atoms with E-state index in [0.717, 1.165) is 36.4 Å². The maximum absolute atomic E-state index is 11.9. The van der Waals surface area contributed by atoms with Crippen molar-refractivity contribution in [1.29, 1.82) is 0 Å². The number of amides is 2. The number of aromatic nitrogens is 3. The molecule has 0 aliphatic heterocycles. The summed E-state index contributed by atoms with van der Waals surface area (Å²) in [7, 11) is 1.82. The number of likely N-dealkylation sites (N-methyl/N-ethyl adjacent to an activating group) is 1. The summed E-state index contributed by atoms with van der Waals surface area (Å²) in [6, 6.07) is 2.06. The number of hydrogen-bond donors (Lipinski definition) is 3. The Morgan fingerprint density at radius 3 is 2.67 bits per heavy atom. The number of carbonyl (C=O) groups excluding carboxylic acids is 2. The van der Waals surface area contributed by atoms with E-state index in [1.54, 1.807) is 4.90 Å². The Hall–Kier alpha value is -3.01. The number of nitrogens with one attached hydrogen (secondary N) is 2. The Morgan fingerprint density at radius 1 is 1.40 bits per heavy atom. The summed E-state index contributed by atoms with van der Waals surface area (Å²) in [5.41, 5.74) is 6.21. The van der Waals surface area contributed by atoms with Crippen LogP contribution in [-0.2, 0) is 4.79 Å². The Morgan fingerprint density at radius 2 is 2.10 bits per heavy atom. The quantitative estimate of drug-likeness (QED) is 0.578. The summed E-state index contributed by atoms with van der Waals surface area (Å²) in [6.45, 7) is 7.57. The number of carbonyl (C=O) groups is 2. The lowest BCUT2D eigenvalue weighted by Gasteiger charge is -2.41. The number of primary amides is 1. The van der Waals surface area contributed by atoms with Crippen LogP contribution in [0.2, 0.25) is 0 Å². The van der Waals surface area contributed by atoms with Crippen molar-refractivity contribution in [3.8, 4) is 0 Å². The monoisotopic (exact) mass is 429 g/mol. The SMILES string of the molecule is C=CC(=O)N(C)C1CCC(C)(Nc2cnc(C(N)=O)c(Nc3cc(C)ns3)n2)CC1. The fourth-order valence-corrected chi connectivity index (χ4v) is 4.30. The molecule has 160 valence electrons. The van der Waals surface area contributed by atoms with Crippen LogP contribution in [0, 0.1) is 6.92 Å². The Kier molecular flexibility index (Phi) is 6.35. The highest BCUT2D eigenvalue weighted by molar-refractivity contribution is 7.10. The summed E-state index contributed by atoms with van der Waals surface area (Å²) in [6.07, 6.45) is 6.34. The zero-order chi connectivity index (χ0) is 21.9. The third kappa shape index (κ3) is 4.93. The molecule has 0 atom stereocenters. The van der Waals surface area contributed by atoms with Gasteiger partial charge in [-0.15, -0.1) is 0 Å². The van der Waals surface area contributed by atoms with Crippen LogP contribution >= 0.6 is 11.5 Å². The Balaban J connectivity index is 1.73. The molecule has 1 aliphatic carbocycles. The molecule has 3 rings (SSSR count). The topological polar surface area (TPSA) is 126 Å². The molecular formula is C20H27N7O2S. The van der Waals surface area contributed by atoms with E-state index in [-0.39, 0.29) is 23.2 Å². The van der Waals surface area contributed by atoms with Crippen LogP contribution in [-0.4, -0.2) is 49.7 Å². The maximum Gasteiger partial charge on any atom is 0.271 e. The molecular weight excluding hydrogens is 402 g/mol. The van der Waals surface area contributed by atoms with Gasteiger partial charge in [0.1, 0.15) is 10.8 Å². The van der Waals surface area contributed by atoms with Crippen LogP contribution in [0.15, 0.2) is 24.9 Å². The van der Waals surface area contributed by atoms with E-state index in [4.69, 9.17) is 5.73 Å². The summed E-state index contributed by atoms with van der Waals surface area (Å²) in [5.74, 6) is 0.142. The molecule has 2 aromatic rings. The number of aryl methyl sites for hydroxylation is 1. The molecule has 2 heterocycles. The smallest absolute Gasteiger partial charge is 0.271 e. The van der Waals surface area contributed by atoms with Gasteiger partial charge in [-0.2, -0.15) is 4.37 Å². The Bertz CT molecular complexity index is 950. The summed E-state index contributed by atoms with van der Waals surface area (Å²) in [5, 5.41) is 7.30. The molecule has 0 bridgehead atoms. The fourth-order valence-electron chi connectivity index (χ4n) is 3.64. The van der Waals surface area contributed by atoms with Crippen molar-refractivity contribution in [2.75, 3.05) is 17.7 Å². The molecule has 9 nitrogen and oxygen atoms in total. The van der Waals surface area contributed by atoms with Crippen LogP contribution < -0.4 is 16.4 Å². The minimum absolute atomic E-state index is 0.0570. The second-order valence-corrected chi connectivity index (χ2v) is 8.65. The van der Waals surface area contributed by atoms with Crippen LogP contribution in [0.5, 0.6) is 0 Å². The van der Waals surface area contributed by atoms with Crippen molar-refractivity contribution in [3.63, 3.8) is 0 Å². The van der Waals surface area contributed by atoms with Crippen LogP contribution in [0.3, 0.4) is 0 Å². The van der Waals surface area contributed by atoms with E-state index in [2.05, 4.69) is 38.5 Å². The van der Waals surface area contributed by atoms with Gasteiger partial charge in [0.25, 0.3) is 5.91 Å². The van der Waals surface area contributed by atoms with Crippen molar-refractivity contribution in [2.45, 2.75) is 51.1 Å². The van der Waals surface area contributed by atoms with Gasteiger partial charge in [-0.25, -0.2) is 9.97 Å². The lowest BCUT2D eigenvalue weighted by Crippen LogP contribution is -2.46. The maximum atomic E-state index is 11.9. The highest BCUT2D eigenvalue weighted by atomic mass is 32.1. The average molecular weight is 430 g/mol. The van der Waals surface area contributed by atoms with E-state index in [1.807, 2.05) is 20.0 Å². The van der Waals surface area contributed by atoms with Crippen molar-refractivity contribution in [1.82, 2.24) is 19.2 Å². The highest BCUT2D eigenvalue weighted by Gasteiger charge is 2.34. The molecule has 1 fully saturated rings. The average Bonchev–Trinajstić information content (AvgIpc) is 3.11. The molecule has 2 aromatic heterocycles. The first-order valence-electron chi connectivity index (χ1n) is 9.75. The van der Waals surface area contributed by atoms with Gasteiger partial charge in [-0.1, -0.05) is 6.58 Å². The van der Waals surface area contributed by atoms with Gasteiger partial charge in [-0.05, 0) is 63.2 Å². The molecule has 0 saturated heterocycles. The molecule has 0 aromatic carbocycles. The fraction of sp³-hybridized carbons (Fsp3) is 0.450. The van der Waals surface area contributed by atoms with Gasteiger partial charge in [0.15, 0.2) is 11.5 Å². The van der Waals surface area contributed by atoms with E-state index in [0.29, 0.717) is 11.6 Å². The molecule has 0 radical (unpaired) electrons. The van der Waals surface area contributed by atoms with Crippen LogP contribution in [0.4, 0.5) is 16.6 Å². The molecule has 4 N–H and O–H groups in total. The zero-order valence-corrected chi connectivity index (χ0v) is 18.3. The second-order valence-electron chi connectivity index (χ2n) is 7.84. The normalized spacial score (nSPS) is 21.0. The van der Waals surface area contributed by atoms with Crippen LogP contribution in [0.1, 0.15) is 48.8 Å².